The monoisotopic (exact) mass is 495 g/mol. The fraction of sp³-hybridized carbons (Fsp3) is 0.429. The second-order valence-electron chi connectivity index (χ2n) is 9.83. The Morgan fingerprint density at radius 2 is 1.36 bits per heavy atom. The van der Waals surface area contributed by atoms with Gasteiger partial charge in [0.05, 0.1) is 28.4 Å². The van der Waals surface area contributed by atoms with E-state index in [1.807, 2.05) is 51.1 Å². The molecule has 0 saturated carbocycles. The molecule has 1 atom stereocenters. The van der Waals surface area contributed by atoms with Crippen molar-refractivity contribution < 1.29 is 33.3 Å². The van der Waals surface area contributed by atoms with Crippen molar-refractivity contribution >= 4 is 33.4 Å². The van der Waals surface area contributed by atoms with Gasteiger partial charge in [0.15, 0.2) is 23.0 Å². The van der Waals surface area contributed by atoms with E-state index in [0.717, 1.165) is 27.1 Å². The van der Waals surface area contributed by atoms with Gasteiger partial charge in [0.1, 0.15) is 11.6 Å². The largest absolute Gasteiger partial charge is 0.493 e. The summed E-state index contributed by atoms with van der Waals surface area (Å²) >= 11 is 0. The molecule has 0 aromatic heterocycles. The Morgan fingerprint density at radius 3 is 1.92 bits per heavy atom. The molecule has 1 aliphatic rings. The molecule has 8 nitrogen and oxygen atoms in total. The van der Waals surface area contributed by atoms with Gasteiger partial charge in [-0.3, -0.25) is 4.79 Å². The third-order valence-corrected chi connectivity index (χ3v) is 6.39. The molecule has 4 rings (SSSR count). The molecule has 3 aromatic carbocycles. The number of hydrogen-bond acceptors (Lipinski definition) is 7. The van der Waals surface area contributed by atoms with Crippen LogP contribution in [0.1, 0.15) is 39.2 Å². The molecule has 0 aliphatic carbocycles. The number of carbonyl (C=O) groups excluding carboxylic acids is 2. The van der Waals surface area contributed by atoms with Crippen LogP contribution in [0.4, 0.5) is 0 Å². The van der Waals surface area contributed by atoms with Crippen LogP contribution in [0, 0.1) is 0 Å². The summed E-state index contributed by atoms with van der Waals surface area (Å²) in [5.74, 6) is 1.90. The van der Waals surface area contributed by atoms with Crippen molar-refractivity contribution in [2.24, 2.45) is 0 Å². The lowest BCUT2D eigenvalue weighted by atomic mass is 9.95. The summed E-state index contributed by atoms with van der Waals surface area (Å²) in [6.45, 7) is 5.72. The fourth-order valence-corrected chi connectivity index (χ4v) is 4.74. The molecule has 1 fully saturated rings. The van der Waals surface area contributed by atoms with Gasteiger partial charge < -0.3 is 28.6 Å². The van der Waals surface area contributed by atoms with Gasteiger partial charge in [-0.2, -0.15) is 0 Å². The third kappa shape index (κ3) is 4.72. The number of nitrogens with zero attached hydrogens (tertiary/aromatic N) is 1. The first kappa shape index (κ1) is 25.4. The molecule has 1 heterocycles. The van der Waals surface area contributed by atoms with Crippen LogP contribution in [0.25, 0.3) is 21.5 Å². The Labute approximate surface area is 211 Å². The van der Waals surface area contributed by atoms with E-state index in [4.69, 9.17) is 23.7 Å². The maximum atomic E-state index is 12.9. The predicted molar refractivity (Wildman–Crippen MR) is 137 cm³/mol. The van der Waals surface area contributed by atoms with Crippen molar-refractivity contribution in [1.29, 1.82) is 0 Å². The average Bonchev–Trinajstić information content (AvgIpc) is 3.21. The van der Waals surface area contributed by atoms with E-state index in [9.17, 15) is 9.59 Å². The van der Waals surface area contributed by atoms with Gasteiger partial charge in [0.25, 0.3) is 0 Å². The van der Waals surface area contributed by atoms with Gasteiger partial charge in [-0.1, -0.05) is 0 Å². The molecule has 8 heteroatoms. The molecule has 36 heavy (non-hydrogen) atoms. The van der Waals surface area contributed by atoms with Crippen LogP contribution in [0.3, 0.4) is 0 Å². The zero-order chi connectivity index (χ0) is 26.2. The summed E-state index contributed by atoms with van der Waals surface area (Å²) in [6, 6.07) is 9.05. The number of methoxy groups -OCH3 is 4. The molecule has 192 valence electrons. The van der Waals surface area contributed by atoms with E-state index >= 15 is 0 Å². The fourth-order valence-electron chi connectivity index (χ4n) is 4.74. The van der Waals surface area contributed by atoms with Crippen LogP contribution in [-0.2, 0) is 20.9 Å². The predicted octanol–water partition coefficient (Wildman–Crippen LogP) is 4.86. The van der Waals surface area contributed by atoms with Gasteiger partial charge in [0.2, 0.25) is 5.91 Å². The summed E-state index contributed by atoms with van der Waals surface area (Å²) in [4.78, 5) is 27.5. The molecule has 0 N–H and O–H groups in total. The highest BCUT2D eigenvalue weighted by Gasteiger charge is 2.38. The average molecular weight is 496 g/mol. The summed E-state index contributed by atoms with van der Waals surface area (Å²) in [7, 11) is 6.36. The molecule has 0 bridgehead atoms. The van der Waals surface area contributed by atoms with Crippen LogP contribution in [-0.4, -0.2) is 56.9 Å². The van der Waals surface area contributed by atoms with E-state index in [0.29, 0.717) is 35.8 Å². The molecule has 0 unspecified atom stereocenters. The number of hydrogen-bond donors (Lipinski definition) is 0. The lowest BCUT2D eigenvalue weighted by Crippen LogP contribution is -2.41. The maximum absolute atomic E-state index is 12.9. The van der Waals surface area contributed by atoms with E-state index < -0.39 is 11.6 Å². The highest BCUT2D eigenvalue weighted by molar-refractivity contribution is 6.11. The number of rotatable bonds is 7. The first-order valence-electron chi connectivity index (χ1n) is 11.9. The van der Waals surface area contributed by atoms with Crippen molar-refractivity contribution in [3.05, 3.63) is 35.9 Å². The van der Waals surface area contributed by atoms with Gasteiger partial charge in [0, 0.05) is 13.0 Å². The molecule has 1 saturated heterocycles. The number of ether oxygens (including phenoxy) is 5. The van der Waals surface area contributed by atoms with Crippen LogP contribution >= 0.6 is 0 Å². The highest BCUT2D eigenvalue weighted by atomic mass is 16.6. The second kappa shape index (κ2) is 9.76. The van der Waals surface area contributed by atoms with E-state index in [1.54, 1.807) is 33.3 Å². The van der Waals surface area contributed by atoms with Crippen molar-refractivity contribution in [3.63, 3.8) is 0 Å². The highest BCUT2D eigenvalue weighted by Crippen LogP contribution is 2.42. The number of esters is 1. The Kier molecular flexibility index (Phi) is 6.89. The smallest absolute Gasteiger partial charge is 0.329 e. The van der Waals surface area contributed by atoms with E-state index in [-0.39, 0.29) is 18.4 Å². The Balaban J connectivity index is 1.90. The lowest BCUT2D eigenvalue weighted by Gasteiger charge is -2.28. The first-order valence-corrected chi connectivity index (χ1v) is 11.9. The quantitative estimate of drug-likeness (QED) is 0.342. The molecule has 0 radical (unpaired) electrons. The number of likely N-dealkylation sites (tertiary alicyclic amines) is 1. The minimum atomic E-state index is -0.635. The zero-order valence-electron chi connectivity index (χ0n) is 21.9. The minimum Gasteiger partial charge on any atom is -0.493 e. The Bertz CT molecular complexity index is 1330. The minimum absolute atomic E-state index is 0.0769. The summed E-state index contributed by atoms with van der Waals surface area (Å²) in [5, 5.41) is 3.63. The van der Waals surface area contributed by atoms with Crippen molar-refractivity contribution in [1.82, 2.24) is 4.90 Å². The Hall–Kier alpha value is -3.68. The molecule has 0 spiro atoms. The number of carbonyl (C=O) groups is 2. The maximum Gasteiger partial charge on any atom is 0.329 e. The first-order chi connectivity index (χ1) is 17.1. The SMILES string of the molecule is COc1cc2cc(CN3C(=O)CC[C@H]3C(=O)OC(C)(C)C)c3cc(OC)c(OC)cc3c2cc1OC. The van der Waals surface area contributed by atoms with Crippen molar-refractivity contribution in [2.45, 2.75) is 51.8 Å². The molecular formula is C28H33NO7. The molecule has 1 amide bonds. The van der Waals surface area contributed by atoms with E-state index in [1.165, 1.54) is 0 Å². The summed E-state index contributed by atoms with van der Waals surface area (Å²) in [6.07, 6.45) is 0.735. The molecular weight excluding hydrogens is 462 g/mol. The van der Waals surface area contributed by atoms with Crippen LogP contribution < -0.4 is 18.9 Å². The van der Waals surface area contributed by atoms with Gasteiger partial charge >= 0.3 is 5.97 Å². The van der Waals surface area contributed by atoms with Crippen LogP contribution in [0.15, 0.2) is 30.3 Å². The van der Waals surface area contributed by atoms with Crippen LogP contribution in [0.2, 0.25) is 0 Å². The lowest BCUT2D eigenvalue weighted by molar-refractivity contribution is -0.162. The third-order valence-electron chi connectivity index (χ3n) is 6.39. The zero-order valence-corrected chi connectivity index (χ0v) is 21.9. The summed E-state index contributed by atoms with van der Waals surface area (Å²) < 4.78 is 27.8. The molecule has 1 aliphatic heterocycles. The van der Waals surface area contributed by atoms with Gasteiger partial charge in [-0.15, -0.1) is 0 Å². The standard InChI is InChI=1S/C28H33NO7/c1-28(2,3)36-27(31)21-8-9-26(30)29(21)15-17-10-16-11-22(32-4)23(33-5)12-18(16)20-14-25(35-7)24(34-6)13-19(17)20/h10-14,21H,8-9,15H2,1-7H3/t21-/m0/s1. The van der Waals surface area contributed by atoms with Crippen molar-refractivity contribution in [3.8, 4) is 23.0 Å². The normalized spacial score (nSPS) is 15.9. The number of fused-ring (bicyclic) bond motifs is 3. The molecule has 3 aromatic rings. The topological polar surface area (TPSA) is 83.5 Å². The van der Waals surface area contributed by atoms with Crippen LogP contribution in [0.5, 0.6) is 23.0 Å². The van der Waals surface area contributed by atoms with Gasteiger partial charge in [-0.25, -0.2) is 4.79 Å². The van der Waals surface area contributed by atoms with E-state index in [2.05, 4.69) is 0 Å². The summed E-state index contributed by atoms with van der Waals surface area (Å²) in [5.41, 5.74) is 0.235. The number of amides is 1. The second-order valence-corrected chi connectivity index (χ2v) is 9.83. The van der Waals surface area contributed by atoms with Gasteiger partial charge in [-0.05, 0) is 84.6 Å². The Morgan fingerprint density at radius 1 is 0.833 bits per heavy atom. The van der Waals surface area contributed by atoms with Crippen molar-refractivity contribution in [2.75, 3.05) is 28.4 Å². The number of benzene rings is 3.